The zero-order chi connectivity index (χ0) is 43.9. The van der Waals surface area contributed by atoms with E-state index in [4.69, 9.17) is 28.9 Å². The summed E-state index contributed by atoms with van der Waals surface area (Å²) in [4.78, 5) is 43.6. The minimum absolute atomic E-state index is 0.0212. The molecule has 2 N–H and O–H groups in total. The van der Waals surface area contributed by atoms with Gasteiger partial charge in [0.25, 0.3) is 11.4 Å². The molecule has 6 unspecified atom stereocenters. The number of allylic oxidation sites excluding steroid dienone is 1. The molecule has 2 aliphatic carbocycles. The fraction of sp³-hybridized carbons (Fsp3) is 0.467. The van der Waals surface area contributed by atoms with Crippen LogP contribution in [0.5, 0.6) is 23.0 Å². The fourth-order valence-corrected chi connectivity index (χ4v) is 8.72. The molecule has 16 nitrogen and oxygen atoms in total. The summed E-state index contributed by atoms with van der Waals surface area (Å²) in [5.74, 6) is -1.34. The van der Waals surface area contributed by atoms with Crippen molar-refractivity contribution < 1.29 is 48.6 Å². The summed E-state index contributed by atoms with van der Waals surface area (Å²) in [6, 6.07) is 15.6. The van der Waals surface area contributed by atoms with Gasteiger partial charge in [0.1, 0.15) is 34.6 Å². The Morgan fingerprint density at radius 3 is 2.28 bits per heavy atom. The number of hydrogen-bond acceptors (Lipinski definition) is 13. The van der Waals surface area contributed by atoms with E-state index in [0.29, 0.717) is 42.9 Å². The summed E-state index contributed by atoms with van der Waals surface area (Å²) in [5.41, 5.74) is 1.26. The largest absolute Gasteiger partial charge is 0.459 e. The number of carbonyl (C=O) groups is 1. The fourth-order valence-electron chi connectivity index (χ4n) is 8.72. The second-order valence-corrected chi connectivity index (χ2v) is 16.6. The highest BCUT2D eigenvalue weighted by molar-refractivity contribution is 6.03. The van der Waals surface area contributed by atoms with Crippen molar-refractivity contribution in [1.82, 2.24) is 4.90 Å². The molecule has 326 valence electrons. The smallest absolute Gasteiger partial charge is 0.415 e. The number of aliphatic hydroxyl groups is 2. The number of nitrogens with zero attached hydrogens (tertiary/aromatic N) is 4. The van der Waals surface area contributed by atoms with Crippen molar-refractivity contribution in [2.45, 2.75) is 89.1 Å². The molecule has 0 radical (unpaired) electrons. The highest BCUT2D eigenvalue weighted by atomic mass is 16.7. The Morgan fingerprint density at radius 2 is 1.62 bits per heavy atom. The molecule has 3 aromatic rings. The average Bonchev–Trinajstić information content (AvgIpc) is 3.23. The van der Waals surface area contributed by atoms with Crippen molar-refractivity contribution in [2.24, 2.45) is 22.9 Å². The first-order valence-corrected chi connectivity index (χ1v) is 20.6. The Bertz CT molecular complexity index is 2130. The van der Waals surface area contributed by atoms with Crippen LogP contribution in [-0.2, 0) is 9.57 Å². The van der Waals surface area contributed by atoms with Crippen LogP contribution in [0.4, 0.5) is 16.2 Å². The first-order chi connectivity index (χ1) is 29.2. The van der Waals surface area contributed by atoms with Gasteiger partial charge in [-0.3, -0.25) is 20.2 Å². The lowest BCUT2D eigenvalue weighted by Crippen LogP contribution is -2.69. The molecule has 1 aliphatic heterocycles. The van der Waals surface area contributed by atoms with Crippen LogP contribution in [0.1, 0.15) is 77.2 Å². The number of ether oxygens (including phenoxy) is 4. The summed E-state index contributed by atoms with van der Waals surface area (Å²) in [5, 5.41) is 47.4. The van der Waals surface area contributed by atoms with E-state index in [1.165, 1.54) is 41.3 Å². The van der Waals surface area contributed by atoms with E-state index in [1.807, 2.05) is 26.8 Å². The molecule has 0 spiro atoms. The summed E-state index contributed by atoms with van der Waals surface area (Å²) < 4.78 is 26.1. The second-order valence-electron chi connectivity index (χ2n) is 16.6. The minimum atomic E-state index is -1.56. The Morgan fingerprint density at radius 1 is 0.951 bits per heavy atom. The van der Waals surface area contributed by atoms with E-state index in [2.05, 4.69) is 12.7 Å². The highest BCUT2D eigenvalue weighted by Crippen LogP contribution is 2.62. The van der Waals surface area contributed by atoms with Gasteiger partial charge in [-0.25, -0.2) is 4.79 Å². The van der Waals surface area contributed by atoms with Crippen LogP contribution < -0.4 is 14.2 Å². The summed E-state index contributed by atoms with van der Waals surface area (Å²) >= 11 is 0. The van der Waals surface area contributed by atoms with Crippen LogP contribution in [0.2, 0.25) is 0 Å². The van der Waals surface area contributed by atoms with Crippen LogP contribution in [0, 0.1) is 38.0 Å². The Balaban J connectivity index is 1.55. The number of benzene rings is 3. The molecule has 6 atom stereocenters. The number of carbonyl (C=O) groups excluding carboxylic acids is 1. The van der Waals surface area contributed by atoms with Gasteiger partial charge in [0.15, 0.2) is 0 Å². The average molecular weight is 843 g/mol. The molecule has 1 amide bonds. The van der Waals surface area contributed by atoms with Crippen LogP contribution in [0.15, 0.2) is 96.2 Å². The molecule has 0 saturated heterocycles. The van der Waals surface area contributed by atoms with Gasteiger partial charge in [-0.1, -0.05) is 36.2 Å². The number of unbranched alkanes of at least 4 members (excludes halogenated alkanes) is 2. The molecule has 1 saturated carbocycles. The number of non-ortho nitro benzene ring substituents is 2. The molecule has 3 aliphatic rings. The lowest BCUT2D eigenvalue weighted by Gasteiger charge is -2.59. The van der Waals surface area contributed by atoms with Crippen molar-refractivity contribution in [3.05, 3.63) is 117 Å². The van der Waals surface area contributed by atoms with Crippen molar-refractivity contribution in [3.8, 4) is 23.0 Å². The van der Waals surface area contributed by atoms with Crippen molar-refractivity contribution in [2.75, 3.05) is 26.9 Å². The van der Waals surface area contributed by atoms with Gasteiger partial charge < -0.3 is 38.9 Å². The first-order valence-electron chi connectivity index (χ1n) is 20.6. The van der Waals surface area contributed by atoms with E-state index in [1.54, 1.807) is 37.4 Å². The zero-order valence-corrected chi connectivity index (χ0v) is 34.9. The third-order valence-corrected chi connectivity index (χ3v) is 11.3. The van der Waals surface area contributed by atoms with Gasteiger partial charge in [0.2, 0.25) is 5.79 Å². The molecule has 16 heteroatoms. The van der Waals surface area contributed by atoms with Crippen molar-refractivity contribution in [3.63, 3.8) is 0 Å². The maximum absolute atomic E-state index is 14.2. The quantitative estimate of drug-likeness (QED) is 0.0533. The molecule has 0 bridgehead atoms. The van der Waals surface area contributed by atoms with Gasteiger partial charge >= 0.3 is 6.09 Å². The van der Waals surface area contributed by atoms with Gasteiger partial charge in [-0.05, 0) is 100 Å². The van der Waals surface area contributed by atoms with E-state index in [0.717, 1.165) is 24.0 Å². The number of aliphatic hydroxyl groups excluding tert-OH is 2. The number of fused-ring (bicyclic) bond motifs is 2. The molecule has 0 aromatic heterocycles. The molecular weight excluding hydrogens is 789 g/mol. The molecule has 1 fully saturated rings. The predicted octanol–water partition coefficient (Wildman–Crippen LogP) is 8.86. The summed E-state index contributed by atoms with van der Waals surface area (Å²) in [6.07, 6.45) is 7.29. The summed E-state index contributed by atoms with van der Waals surface area (Å²) in [6.45, 7) is 9.72. The Labute approximate surface area is 354 Å². The molecule has 61 heavy (non-hydrogen) atoms. The van der Waals surface area contributed by atoms with E-state index in [9.17, 15) is 35.2 Å². The number of rotatable bonds is 18. The molecule has 3 aromatic carbocycles. The lowest BCUT2D eigenvalue weighted by molar-refractivity contribution is -0.385. The number of hydrogen-bond donors (Lipinski definition) is 2. The maximum atomic E-state index is 14.2. The SMILES string of the molecule is C=CCOC12Oc3ccc(Oc4cccc([N+](=O)[O-])c4)cc3C3C(CCCCO)C(CCCCO)C=C(C(=NOC(C)(C)C)CC1N(C)C(=O)Oc1ccc([N+](=O)[O-])cc1)C32. The normalized spacial score (nSPS) is 23.4. The monoisotopic (exact) mass is 842 g/mol. The molecular formula is C45H54N4O12. The van der Waals surface area contributed by atoms with Crippen molar-refractivity contribution >= 4 is 23.2 Å². The van der Waals surface area contributed by atoms with E-state index < -0.39 is 39.3 Å². The highest BCUT2D eigenvalue weighted by Gasteiger charge is 2.65. The van der Waals surface area contributed by atoms with Crippen LogP contribution in [0.25, 0.3) is 0 Å². The number of nitro benzene ring substituents is 2. The van der Waals surface area contributed by atoms with Crippen LogP contribution in [0.3, 0.4) is 0 Å². The van der Waals surface area contributed by atoms with Gasteiger partial charge in [0.05, 0.1) is 34.1 Å². The van der Waals surface area contributed by atoms with E-state index >= 15 is 0 Å². The number of nitro groups is 2. The Hall–Kier alpha value is -5.84. The third-order valence-electron chi connectivity index (χ3n) is 11.3. The number of likely N-dealkylation sites (N-methyl/N-ethyl adjacent to an activating group) is 1. The second kappa shape index (κ2) is 19.3. The topological polar surface area (TPSA) is 206 Å². The predicted molar refractivity (Wildman–Crippen MR) is 226 cm³/mol. The Kier molecular flexibility index (Phi) is 14.1. The van der Waals surface area contributed by atoms with Crippen LogP contribution in [-0.4, -0.2) is 81.1 Å². The van der Waals surface area contributed by atoms with Crippen molar-refractivity contribution in [1.29, 1.82) is 0 Å². The number of amides is 1. The standard InChI is InChI=1S/C45H54N4O12/c1-6-24-57-45-40(47(5)43(52)59-32-18-16-30(17-19-32)48(53)54)28-38(46-61-44(2,3)4)36-25-29(12-7-9-22-50)35(15-8-10-23-51)41(42(36)45)37-27-34(20-21-39(37)60-45)58-33-14-11-13-31(26-33)49(55)56/h6,11,13-14,16-21,25-27,29,35,40-42,50-51H,1,7-10,12,15,22-24,28H2,2-5H3. The minimum Gasteiger partial charge on any atom is -0.459 e. The molecule has 6 rings (SSSR count). The maximum Gasteiger partial charge on any atom is 0.415 e. The summed E-state index contributed by atoms with van der Waals surface area (Å²) in [7, 11) is 1.58. The van der Waals surface area contributed by atoms with E-state index in [-0.39, 0.29) is 66.9 Å². The lowest BCUT2D eigenvalue weighted by atomic mass is 9.55. The van der Waals surface area contributed by atoms with Gasteiger partial charge in [-0.2, -0.15) is 0 Å². The third kappa shape index (κ3) is 10.0. The van der Waals surface area contributed by atoms with Gasteiger partial charge in [0, 0.05) is 56.4 Å². The van der Waals surface area contributed by atoms with Gasteiger partial charge in [-0.15, -0.1) is 6.58 Å². The first kappa shape index (κ1) is 44.7. The zero-order valence-electron chi connectivity index (χ0n) is 34.9. The molecule has 1 heterocycles. The number of oxime groups is 1. The van der Waals surface area contributed by atoms with Crippen LogP contribution >= 0.6 is 0 Å².